The van der Waals surface area contributed by atoms with Gasteiger partial charge in [0.2, 0.25) is 0 Å². The molecule has 0 saturated heterocycles. The summed E-state index contributed by atoms with van der Waals surface area (Å²) in [4.78, 5) is 0. The monoisotopic (exact) mass is 188 g/mol. The predicted molar refractivity (Wildman–Crippen MR) is 57.9 cm³/mol. The molecule has 3 fully saturated rings. The Balaban J connectivity index is 1.99. The van der Waals surface area contributed by atoms with E-state index in [0.29, 0.717) is 16.2 Å². The maximum Gasteiger partial charge on any atom is 0.00509 e. The zero-order chi connectivity index (χ0) is 9.60. The number of rotatable bonds is 0. The molecular weight excluding hydrogens is 168 g/mol. The minimum absolute atomic E-state index is 0.677. The molecule has 3 saturated carbocycles. The van der Waals surface area contributed by atoms with E-state index in [-0.39, 0.29) is 0 Å². The topological polar surface area (TPSA) is 0 Å². The Morgan fingerprint density at radius 2 is 2.07 bits per heavy atom. The molecule has 4 rings (SSSR count). The Labute approximate surface area is 86.8 Å². The van der Waals surface area contributed by atoms with E-state index >= 15 is 0 Å². The van der Waals surface area contributed by atoms with Crippen LogP contribution in [-0.2, 0) is 0 Å². The molecule has 0 aromatic carbocycles. The second kappa shape index (κ2) is 1.86. The highest BCUT2D eigenvalue weighted by molar-refractivity contribution is 5.42. The summed E-state index contributed by atoms with van der Waals surface area (Å²) < 4.78 is 0. The van der Waals surface area contributed by atoms with E-state index < -0.39 is 0 Å². The van der Waals surface area contributed by atoms with Gasteiger partial charge in [-0.15, -0.1) is 0 Å². The van der Waals surface area contributed by atoms with Crippen LogP contribution < -0.4 is 0 Å². The lowest BCUT2D eigenvalue weighted by Crippen LogP contribution is -2.56. The van der Waals surface area contributed by atoms with Crippen molar-refractivity contribution in [2.45, 2.75) is 52.4 Å². The molecule has 1 unspecified atom stereocenters. The van der Waals surface area contributed by atoms with E-state index in [9.17, 15) is 0 Å². The van der Waals surface area contributed by atoms with Crippen molar-refractivity contribution in [3.05, 3.63) is 11.6 Å². The fourth-order valence-electron chi connectivity index (χ4n) is 6.27. The van der Waals surface area contributed by atoms with Crippen LogP contribution in [0.5, 0.6) is 0 Å². The molecule has 0 heteroatoms. The molecule has 0 N–H and O–H groups in total. The molecule has 14 heavy (non-hydrogen) atoms. The van der Waals surface area contributed by atoms with Gasteiger partial charge >= 0.3 is 0 Å². The molecule has 1 spiro atoms. The van der Waals surface area contributed by atoms with Crippen molar-refractivity contribution in [1.29, 1.82) is 0 Å². The fraction of sp³-hybridized carbons (Fsp3) is 0.857. The van der Waals surface area contributed by atoms with E-state index in [2.05, 4.69) is 19.9 Å². The number of hydrogen-bond acceptors (Lipinski definition) is 0. The van der Waals surface area contributed by atoms with Crippen LogP contribution in [0.1, 0.15) is 52.4 Å². The first-order valence-corrected chi connectivity index (χ1v) is 6.32. The van der Waals surface area contributed by atoms with E-state index in [1.54, 1.807) is 6.42 Å². The molecule has 0 radical (unpaired) electrons. The molecule has 0 amide bonds. The van der Waals surface area contributed by atoms with Gasteiger partial charge in [0.15, 0.2) is 0 Å². The lowest BCUT2D eigenvalue weighted by molar-refractivity contribution is -0.117. The minimum atomic E-state index is 0.677. The smallest absolute Gasteiger partial charge is 0.00509 e. The van der Waals surface area contributed by atoms with Crippen LogP contribution in [0.3, 0.4) is 0 Å². The molecule has 0 aliphatic heterocycles. The van der Waals surface area contributed by atoms with E-state index in [1.807, 2.05) is 5.57 Å². The molecule has 4 aliphatic carbocycles. The minimum Gasteiger partial charge on any atom is -0.0841 e. The molecule has 4 atom stereocenters. The van der Waals surface area contributed by atoms with Crippen LogP contribution >= 0.6 is 0 Å². The SMILES string of the molecule is C[C@]12CC=C3CC[C@]4(C)C[C@@H](CC1)C324. The highest BCUT2D eigenvalue weighted by Crippen LogP contribution is 2.85. The molecule has 0 nitrogen and oxygen atoms in total. The summed E-state index contributed by atoms with van der Waals surface area (Å²) in [5.74, 6) is 1.08. The predicted octanol–water partition coefficient (Wildman–Crippen LogP) is 3.92. The van der Waals surface area contributed by atoms with Crippen LogP contribution in [0.4, 0.5) is 0 Å². The second-order valence-corrected chi connectivity index (χ2v) is 6.80. The van der Waals surface area contributed by atoms with Crippen LogP contribution in [0.25, 0.3) is 0 Å². The molecule has 76 valence electrons. The van der Waals surface area contributed by atoms with Crippen molar-refractivity contribution in [3.63, 3.8) is 0 Å². The van der Waals surface area contributed by atoms with Crippen molar-refractivity contribution < 1.29 is 0 Å². The van der Waals surface area contributed by atoms with Gasteiger partial charge in [-0.1, -0.05) is 25.5 Å². The highest BCUT2D eigenvalue weighted by atomic mass is 14.8. The first kappa shape index (κ1) is 7.96. The van der Waals surface area contributed by atoms with Gasteiger partial charge in [-0.2, -0.15) is 0 Å². The third-order valence-corrected chi connectivity index (χ3v) is 6.51. The van der Waals surface area contributed by atoms with E-state index in [1.165, 1.54) is 32.1 Å². The molecule has 4 aliphatic rings. The zero-order valence-corrected chi connectivity index (χ0v) is 9.40. The zero-order valence-electron chi connectivity index (χ0n) is 9.40. The molecule has 0 heterocycles. The normalized spacial score (nSPS) is 63.3. The first-order valence-electron chi connectivity index (χ1n) is 6.32. The summed E-state index contributed by atoms with van der Waals surface area (Å²) in [5.41, 5.74) is 3.98. The average Bonchev–Trinajstić information content (AvgIpc) is 2.63. The van der Waals surface area contributed by atoms with E-state index in [0.717, 1.165) is 5.92 Å². The van der Waals surface area contributed by atoms with Gasteiger partial charge in [0.1, 0.15) is 0 Å². The van der Waals surface area contributed by atoms with Crippen molar-refractivity contribution in [2.24, 2.45) is 22.2 Å². The van der Waals surface area contributed by atoms with Gasteiger partial charge < -0.3 is 0 Å². The molecular formula is C14H20. The Morgan fingerprint density at radius 1 is 1.21 bits per heavy atom. The maximum absolute atomic E-state index is 2.62. The summed E-state index contributed by atoms with van der Waals surface area (Å²) in [7, 11) is 0. The second-order valence-electron chi connectivity index (χ2n) is 6.80. The molecule has 0 bridgehead atoms. The van der Waals surface area contributed by atoms with Crippen LogP contribution in [-0.4, -0.2) is 0 Å². The Morgan fingerprint density at radius 3 is 2.93 bits per heavy atom. The third-order valence-electron chi connectivity index (χ3n) is 6.51. The first-order chi connectivity index (χ1) is 6.62. The third kappa shape index (κ3) is 0.487. The Hall–Kier alpha value is -0.260. The van der Waals surface area contributed by atoms with Crippen LogP contribution in [0.15, 0.2) is 11.6 Å². The van der Waals surface area contributed by atoms with Crippen LogP contribution in [0.2, 0.25) is 0 Å². The fourth-order valence-corrected chi connectivity index (χ4v) is 6.27. The maximum atomic E-state index is 2.62. The van der Waals surface area contributed by atoms with Gasteiger partial charge in [0.05, 0.1) is 0 Å². The van der Waals surface area contributed by atoms with Gasteiger partial charge in [-0.05, 0) is 55.3 Å². The largest absolute Gasteiger partial charge is 0.0841 e. The summed E-state index contributed by atoms with van der Waals surface area (Å²) in [6.45, 7) is 5.17. The average molecular weight is 188 g/mol. The van der Waals surface area contributed by atoms with Crippen molar-refractivity contribution in [1.82, 2.24) is 0 Å². The molecule has 0 aromatic rings. The van der Waals surface area contributed by atoms with Crippen molar-refractivity contribution in [2.75, 3.05) is 0 Å². The lowest BCUT2D eigenvalue weighted by atomic mass is 9.41. The molecule has 0 aromatic heterocycles. The van der Waals surface area contributed by atoms with E-state index in [4.69, 9.17) is 0 Å². The van der Waals surface area contributed by atoms with Gasteiger partial charge in [-0.25, -0.2) is 0 Å². The number of hydrogen-bond donors (Lipinski definition) is 0. The van der Waals surface area contributed by atoms with Crippen LogP contribution in [0, 0.1) is 22.2 Å². The van der Waals surface area contributed by atoms with Gasteiger partial charge in [-0.3, -0.25) is 0 Å². The van der Waals surface area contributed by atoms with Crippen molar-refractivity contribution in [3.8, 4) is 0 Å². The Bertz CT molecular complexity index is 353. The Kier molecular flexibility index (Phi) is 1.06. The van der Waals surface area contributed by atoms with Gasteiger partial charge in [0, 0.05) is 5.41 Å². The van der Waals surface area contributed by atoms with Crippen molar-refractivity contribution >= 4 is 0 Å². The van der Waals surface area contributed by atoms with Gasteiger partial charge in [0.25, 0.3) is 0 Å². The lowest BCUT2D eigenvalue weighted by Gasteiger charge is -2.62. The summed E-state index contributed by atoms with van der Waals surface area (Å²) >= 11 is 0. The summed E-state index contributed by atoms with van der Waals surface area (Å²) in [6, 6.07) is 0. The number of allylic oxidation sites excluding steroid dienone is 2. The highest BCUT2D eigenvalue weighted by Gasteiger charge is 2.76. The summed E-state index contributed by atoms with van der Waals surface area (Å²) in [5, 5.41) is 0. The quantitative estimate of drug-likeness (QED) is 0.505. The summed E-state index contributed by atoms with van der Waals surface area (Å²) in [6.07, 6.45) is 11.5. The standard InChI is InChI=1S/C14H20/c1-12-6-3-10-4-8-13(2)9-11(5-7-12)14(10,12)13/h3,11H,4-9H2,1-2H3/t11-,12+,13-,14?/m1/s1.